The molecule has 2 aliphatic rings. The zero-order chi connectivity index (χ0) is 15.4. The van der Waals surface area contributed by atoms with Gasteiger partial charge in [-0.2, -0.15) is 0 Å². The Balaban J connectivity index is 1.77. The van der Waals surface area contributed by atoms with Crippen LogP contribution in [-0.2, 0) is 0 Å². The summed E-state index contributed by atoms with van der Waals surface area (Å²) in [5.74, 6) is 0.563. The zero-order valence-electron chi connectivity index (χ0n) is 13.8. The second-order valence-corrected chi connectivity index (χ2v) is 6.54. The summed E-state index contributed by atoms with van der Waals surface area (Å²) in [4.78, 5) is 2.46. The molecule has 2 atom stereocenters. The fraction of sp³-hybridized carbons (Fsp3) is 0.429. The van der Waals surface area contributed by atoms with E-state index in [1.807, 2.05) is 0 Å². The molecule has 0 amide bonds. The molecule has 0 fully saturated rings. The number of unbranched alkanes of at least 4 members (excludes halogenated alkanes) is 3. The lowest BCUT2D eigenvalue weighted by atomic mass is 9.88. The predicted molar refractivity (Wildman–Crippen MR) is 96.1 cm³/mol. The summed E-state index contributed by atoms with van der Waals surface area (Å²) in [6.45, 7) is 4.42. The molecule has 22 heavy (non-hydrogen) atoms. The van der Waals surface area contributed by atoms with Gasteiger partial charge in [0.2, 0.25) is 0 Å². The van der Waals surface area contributed by atoms with Crippen LogP contribution >= 0.6 is 0 Å². The number of rotatable bonds is 6. The molecule has 0 N–H and O–H groups in total. The molecule has 0 spiro atoms. The van der Waals surface area contributed by atoms with Crippen molar-refractivity contribution in [2.45, 2.75) is 52.0 Å². The molecule has 3 rings (SSSR count). The average molecular weight is 293 g/mol. The highest BCUT2D eigenvalue weighted by Crippen LogP contribution is 2.38. The lowest BCUT2D eigenvalue weighted by Crippen LogP contribution is -2.30. The second-order valence-electron chi connectivity index (χ2n) is 6.54. The number of fused-ring (bicyclic) bond motifs is 1. The van der Waals surface area contributed by atoms with E-state index in [2.05, 4.69) is 73.5 Å². The summed E-state index contributed by atoms with van der Waals surface area (Å²) in [6, 6.07) is 9.37. The first-order valence-electron chi connectivity index (χ1n) is 8.70. The van der Waals surface area contributed by atoms with E-state index < -0.39 is 0 Å². The van der Waals surface area contributed by atoms with Gasteiger partial charge in [-0.15, -0.1) is 0 Å². The number of aryl methyl sites for hydroxylation is 1. The monoisotopic (exact) mass is 293 g/mol. The van der Waals surface area contributed by atoms with Gasteiger partial charge in [0.25, 0.3) is 0 Å². The molecule has 0 saturated heterocycles. The van der Waals surface area contributed by atoms with Gasteiger partial charge in [-0.25, -0.2) is 0 Å². The van der Waals surface area contributed by atoms with E-state index in [9.17, 15) is 0 Å². The average Bonchev–Trinajstić information content (AvgIpc) is 2.91. The number of nitrogens with zero attached hydrogens (tertiary/aromatic N) is 1. The maximum absolute atomic E-state index is 2.46. The molecule has 2 unspecified atom stereocenters. The number of benzene rings is 1. The fourth-order valence-corrected chi connectivity index (χ4v) is 3.51. The van der Waals surface area contributed by atoms with Crippen LogP contribution in [0.25, 0.3) is 0 Å². The van der Waals surface area contributed by atoms with Crippen LogP contribution in [-0.4, -0.2) is 6.04 Å². The molecule has 1 aliphatic carbocycles. The predicted octanol–water partition coefficient (Wildman–Crippen LogP) is 5.78. The van der Waals surface area contributed by atoms with E-state index in [4.69, 9.17) is 0 Å². The van der Waals surface area contributed by atoms with E-state index in [0.717, 1.165) is 0 Å². The van der Waals surface area contributed by atoms with Crippen molar-refractivity contribution in [1.82, 2.24) is 0 Å². The van der Waals surface area contributed by atoms with E-state index in [-0.39, 0.29) is 0 Å². The van der Waals surface area contributed by atoms with Gasteiger partial charge >= 0.3 is 0 Å². The molecule has 1 aliphatic heterocycles. The Labute approximate surface area is 135 Å². The van der Waals surface area contributed by atoms with E-state index in [0.29, 0.717) is 12.0 Å². The van der Waals surface area contributed by atoms with Gasteiger partial charge in [0.15, 0.2) is 0 Å². The minimum atomic E-state index is 0.467. The molecule has 0 bridgehead atoms. The topological polar surface area (TPSA) is 3.24 Å². The third kappa shape index (κ3) is 3.19. The van der Waals surface area contributed by atoms with Crippen LogP contribution in [0.5, 0.6) is 0 Å². The van der Waals surface area contributed by atoms with Crippen molar-refractivity contribution >= 4 is 5.69 Å². The largest absolute Gasteiger partial charge is 0.340 e. The van der Waals surface area contributed by atoms with Gasteiger partial charge < -0.3 is 4.90 Å². The maximum Gasteiger partial charge on any atom is 0.0620 e. The Morgan fingerprint density at radius 3 is 2.50 bits per heavy atom. The van der Waals surface area contributed by atoms with Crippen LogP contribution in [0.4, 0.5) is 5.69 Å². The summed E-state index contributed by atoms with van der Waals surface area (Å²) in [5, 5.41) is 0. The number of allylic oxidation sites excluding steroid dienone is 2. The van der Waals surface area contributed by atoms with Crippen LogP contribution in [0.1, 0.15) is 44.6 Å². The van der Waals surface area contributed by atoms with Gasteiger partial charge in [-0.1, -0.05) is 68.2 Å². The zero-order valence-corrected chi connectivity index (χ0v) is 13.8. The SMILES string of the molecule is CCCCCCC1=CN(c2ccc(C)cc2)C2C=CC=CC12. The Morgan fingerprint density at radius 2 is 1.73 bits per heavy atom. The molecule has 1 heteroatoms. The van der Waals surface area contributed by atoms with Crippen molar-refractivity contribution < 1.29 is 0 Å². The highest BCUT2D eigenvalue weighted by atomic mass is 15.2. The van der Waals surface area contributed by atoms with E-state index >= 15 is 0 Å². The Hall–Kier alpha value is -1.76. The molecular weight excluding hydrogens is 266 g/mol. The Morgan fingerprint density at radius 1 is 0.955 bits per heavy atom. The Kier molecular flexibility index (Phi) is 4.82. The number of hydrogen-bond acceptors (Lipinski definition) is 1. The molecule has 116 valence electrons. The Bertz CT molecular complexity index is 576. The normalized spacial score (nSPS) is 22.8. The highest BCUT2D eigenvalue weighted by molar-refractivity contribution is 5.57. The van der Waals surface area contributed by atoms with E-state index in [1.54, 1.807) is 5.57 Å². The molecular formula is C21H27N. The molecule has 0 saturated carbocycles. The molecule has 1 heterocycles. The minimum absolute atomic E-state index is 0.467. The molecule has 0 radical (unpaired) electrons. The van der Waals surface area contributed by atoms with E-state index in [1.165, 1.54) is 43.4 Å². The first-order chi connectivity index (χ1) is 10.8. The lowest BCUT2D eigenvalue weighted by Gasteiger charge is -2.28. The van der Waals surface area contributed by atoms with Crippen LogP contribution in [0.15, 0.2) is 60.3 Å². The summed E-state index contributed by atoms with van der Waals surface area (Å²) in [7, 11) is 0. The molecule has 0 aromatic heterocycles. The molecule has 1 aromatic rings. The first-order valence-corrected chi connectivity index (χ1v) is 8.70. The number of hydrogen-bond donors (Lipinski definition) is 0. The van der Waals surface area contributed by atoms with Crippen LogP contribution in [0.2, 0.25) is 0 Å². The summed E-state index contributed by atoms with van der Waals surface area (Å²) >= 11 is 0. The van der Waals surface area contributed by atoms with Crippen molar-refractivity contribution in [3.8, 4) is 0 Å². The minimum Gasteiger partial charge on any atom is -0.340 e. The van der Waals surface area contributed by atoms with Crippen LogP contribution < -0.4 is 4.90 Å². The molecule has 1 nitrogen and oxygen atoms in total. The van der Waals surface area contributed by atoms with Crippen molar-refractivity contribution in [1.29, 1.82) is 0 Å². The third-order valence-corrected chi connectivity index (χ3v) is 4.81. The quantitative estimate of drug-likeness (QED) is 0.601. The fourth-order valence-electron chi connectivity index (χ4n) is 3.51. The number of anilines is 1. The smallest absolute Gasteiger partial charge is 0.0620 e. The van der Waals surface area contributed by atoms with Crippen molar-refractivity contribution in [3.05, 3.63) is 65.9 Å². The van der Waals surface area contributed by atoms with Gasteiger partial charge in [0, 0.05) is 17.8 Å². The van der Waals surface area contributed by atoms with Crippen molar-refractivity contribution in [2.24, 2.45) is 5.92 Å². The van der Waals surface area contributed by atoms with Gasteiger partial charge in [-0.3, -0.25) is 0 Å². The summed E-state index contributed by atoms with van der Waals surface area (Å²) in [5.41, 5.74) is 4.23. The van der Waals surface area contributed by atoms with Gasteiger partial charge in [0.05, 0.1) is 6.04 Å². The first kappa shape index (κ1) is 15.1. The third-order valence-electron chi connectivity index (χ3n) is 4.81. The van der Waals surface area contributed by atoms with Crippen molar-refractivity contribution in [2.75, 3.05) is 4.90 Å². The molecule has 1 aromatic carbocycles. The summed E-state index contributed by atoms with van der Waals surface area (Å²) in [6.07, 6.45) is 18.1. The van der Waals surface area contributed by atoms with Crippen molar-refractivity contribution in [3.63, 3.8) is 0 Å². The standard InChI is InChI=1S/C21H27N/c1-3-4-5-6-9-18-16-22(19-14-12-17(2)13-15-19)21-11-8-7-10-20(18)21/h7-8,10-16,20-21H,3-6,9H2,1-2H3. The lowest BCUT2D eigenvalue weighted by molar-refractivity contribution is 0.614. The highest BCUT2D eigenvalue weighted by Gasteiger charge is 2.33. The van der Waals surface area contributed by atoms with Crippen LogP contribution in [0, 0.1) is 12.8 Å². The van der Waals surface area contributed by atoms with Gasteiger partial charge in [0.1, 0.15) is 0 Å². The maximum atomic E-state index is 2.46. The van der Waals surface area contributed by atoms with Gasteiger partial charge in [-0.05, 0) is 37.5 Å². The van der Waals surface area contributed by atoms with Crippen LogP contribution in [0.3, 0.4) is 0 Å². The summed E-state index contributed by atoms with van der Waals surface area (Å²) < 4.78 is 0. The second kappa shape index (κ2) is 7.00.